The van der Waals surface area contributed by atoms with Gasteiger partial charge in [-0.2, -0.15) is 0 Å². The standard InChI is InChI=1S/C44H62BClN8O11S.C9H14O2.C2H6/c1-32-7-8-35(29-36(32)45(57)58)42(55)47-9-15-59-17-19-61-21-23-63-25-27-65-28-26-64-24-22-62-20-18-60-16-14-53-10-12-54(13-11-53)40-30-39(49-34(3)50-40)51-44-48-31-38(66-44)43(56)52-41-33(2)5-4-6-37(41)46;1-4-9(7-11-10)6-5-8(2)3;1-2/h4-8,29-31,57-58H,9-28H2,1-3H3,(H,47,55)(H,52,56)(H,48,49,50,51);4-6,10H,2,7H2,1,3H3;1-2H3/b;6-5-,9-4+;. The minimum atomic E-state index is -1.63. The van der Waals surface area contributed by atoms with Gasteiger partial charge in [-0.25, -0.2) is 19.8 Å². The van der Waals surface area contributed by atoms with E-state index in [1.54, 1.807) is 25.1 Å². The SMILES string of the molecule is C=C(C)/C=C\C(=C/C)COO.CC.Cc1nc(Nc2ncc(C(=O)Nc3c(C)cccc3Cl)s2)cc(N2CCN(CCOCCOCCOCCOCCOCCOCCOCCNC(=O)c3ccc(C)c(B(O)O)c3)CC2)n1. The van der Waals surface area contributed by atoms with E-state index in [1.165, 1.54) is 23.6 Å². The number of carbonyl (C=O) groups is 2. The van der Waals surface area contributed by atoms with Crippen molar-refractivity contribution in [1.82, 2.24) is 25.2 Å². The van der Waals surface area contributed by atoms with Crippen LogP contribution in [0.3, 0.4) is 0 Å². The Balaban J connectivity index is 0.00000112. The summed E-state index contributed by atoms with van der Waals surface area (Å²) in [6.07, 6.45) is 7.13. The molecule has 0 saturated carbocycles. The van der Waals surface area contributed by atoms with Crippen molar-refractivity contribution in [2.75, 3.05) is 154 Å². The molecule has 0 spiro atoms. The number of hydrogen-bond donors (Lipinski definition) is 6. The van der Waals surface area contributed by atoms with Gasteiger partial charge >= 0.3 is 7.12 Å². The number of carbonyl (C=O) groups excluding carboxylic acids is 2. The number of nitrogens with zero attached hydrogens (tertiary/aromatic N) is 5. The van der Waals surface area contributed by atoms with Crippen LogP contribution in [0.15, 0.2) is 84.6 Å². The highest BCUT2D eigenvalue weighted by Gasteiger charge is 2.21. The Morgan fingerprint density at radius 3 is 1.90 bits per heavy atom. The maximum atomic E-state index is 12.9. The zero-order valence-electron chi connectivity index (χ0n) is 46.9. The molecular formula is C55H82BClN8O13S. The van der Waals surface area contributed by atoms with E-state index in [0.717, 1.165) is 55.3 Å². The minimum Gasteiger partial charge on any atom is -0.423 e. The number of anilines is 4. The van der Waals surface area contributed by atoms with E-state index in [2.05, 4.69) is 52.2 Å². The summed E-state index contributed by atoms with van der Waals surface area (Å²) < 4.78 is 39.0. The lowest BCUT2D eigenvalue weighted by molar-refractivity contribution is -0.233. The van der Waals surface area contributed by atoms with E-state index in [9.17, 15) is 19.6 Å². The van der Waals surface area contributed by atoms with Gasteiger partial charge in [-0.05, 0) is 69.4 Å². The number of hydrogen-bond acceptors (Lipinski definition) is 20. The topological polar surface area (TPSA) is 250 Å². The van der Waals surface area contributed by atoms with Crippen LogP contribution >= 0.6 is 22.9 Å². The van der Waals surface area contributed by atoms with Gasteiger partial charge in [0.15, 0.2) is 5.13 Å². The first kappa shape index (κ1) is 68.1. The molecule has 2 aromatic heterocycles. The molecule has 0 unspecified atom stereocenters. The quantitative estimate of drug-likeness (QED) is 0.00954. The van der Waals surface area contributed by atoms with Gasteiger partial charge in [0, 0.05) is 50.9 Å². The highest BCUT2D eigenvalue weighted by molar-refractivity contribution is 7.17. The number of rotatable bonds is 35. The summed E-state index contributed by atoms with van der Waals surface area (Å²) in [5, 5.41) is 36.9. The number of thiazole rings is 1. The van der Waals surface area contributed by atoms with Crippen molar-refractivity contribution in [3.05, 3.63) is 117 Å². The second kappa shape index (κ2) is 40.9. The predicted molar refractivity (Wildman–Crippen MR) is 312 cm³/mol. The van der Waals surface area contributed by atoms with E-state index >= 15 is 0 Å². The third kappa shape index (κ3) is 28.2. The maximum Gasteiger partial charge on any atom is 0.488 e. The van der Waals surface area contributed by atoms with Crippen LogP contribution in [0.25, 0.3) is 0 Å². The monoisotopic (exact) mass is 1140 g/mol. The lowest BCUT2D eigenvalue weighted by Gasteiger charge is -2.35. The predicted octanol–water partition coefficient (Wildman–Crippen LogP) is 6.44. The Morgan fingerprint density at radius 2 is 1.35 bits per heavy atom. The molecule has 79 heavy (non-hydrogen) atoms. The fourth-order valence-corrected chi connectivity index (χ4v) is 8.04. The van der Waals surface area contributed by atoms with E-state index < -0.39 is 7.12 Å². The van der Waals surface area contributed by atoms with Crippen LogP contribution in [0.5, 0.6) is 0 Å². The third-order valence-corrected chi connectivity index (χ3v) is 12.5. The van der Waals surface area contributed by atoms with Crippen molar-refractivity contribution >= 4 is 69.8 Å². The molecule has 4 aromatic rings. The van der Waals surface area contributed by atoms with Crippen LogP contribution in [0.4, 0.5) is 22.5 Å². The van der Waals surface area contributed by atoms with Crippen LogP contribution in [-0.4, -0.2) is 192 Å². The van der Waals surface area contributed by atoms with Gasteiger partial charge in [0.1, 0.15) is 28.9 Å². The van der Waals surface area contributed by atoms with Crippen molar-refractivity contribution in [3.63, 3.8) is 0 Å². The van der Waals surface area contributed by atoms with E-state index in [1.807, 2.05) is 78.0 Å². The van der Waals surface area contributed by atoms with Crippen molar-refractivity contribution < 1.29 is 62.9 Å². The summed E-state index contributed by atoms with van der Waals surface area (Å²) in [5.41, 5.74) is 4.71. The molecule has 2 aromatic carbocycles. The summed E-state index contributed by atoms with van der Waals surface area (Å²) in [5.74, 6) is 1.49. The highest BCUT2D eigenvalue weighted by Crippen LogP contribution is 2.28. The Bertz CT molecular complexity index is 2430. The third-order valence-electron chi connectivity index (χ3n) is 11.3. The van der Waals surface area contributed by atoms with Crippen molar-refractivity contribution in [1.29, 1.82) is 0 Å². The summed E-state index contributed by atoms with van der Waals surface area (Å²) in [4.78, 5) is 47.8. The molecule has 5 rings (SSSR count). The van der Waals surface area contributed by atoms with Crippen LogP contribution in [0.1, 0.15) is 64.7 Å². The molecule has 0 bridgehead atoms. The number of aromatic nitrogens is 3. The van der Waals surface area contributed by atoms with Gasteiger partial charge < -0.3 is 64.1 Å². The summed E-state index contributed by atoms with van der Waals surface area (Å²) in [6, 6.07) is 12.2. The Kier molecular flexibility index (Phi) is 35.2. The zero-order valence-corrected chi connectivity index (χ0v) is 48.5. The fraction of sp³-hybridized carbons (Fsp3) is 0.509. The molecule has 1 fully saturated rings. The average Bonchev–Trinajstić information content (AvgIpc) is 3.92. The molecule has 24 heteroatoms. The zero-order chi connectivity index (χ0) is 57.6. The molecule has 2 amide bonds. The van der Waals surface area contributed by atoms with Gasteiger partial charge in [0.25, 0.3) is 11.8 Å². The Hall–Kier alpha value is -5.22. The highest BCUT2D eigenvalue weighted by atomic mass is 35.5. The summed E-state index contributed by atoms with van der Waals surface area (Å²) in [7, 11) is -1.63. The second-order valence-corrected chi connectivity index (χ2v) is 18.8. The normalized spacial score (nSPS) is 12.6. The van der Waals surface area contributed by atoms with Crippen LogP contribution in [-0.2, 0) is 38.0 Å². The molecule has 21 nitrogen and oxygen atoms in total. The first-order valence-electron chi connectivity index (χ1n) is 26.4. The first-order valence-corrected chi connectivity index (χ1v) is 27.6. The van der Waals surface area contributed by atoms with Gasteiger partial charge in [0.2, 0.25) is 0 Å². The molecule has 0 radical (unpaired) electrons. The summed E-state index contributed by atoms with van der Waals surface area (Å²) >= 11 is 7.52. The molecule has 1 saturated heterocycles. The molecule has 1 aliphatic rings. The molecular weight excluding hydrogens is 1060 g/mol. The van der Waals surface area contributed by atoms with Crippen molar-refractivity contribution in [2.45, 2.75) is 48.5 Å². The smallest absolute Gasteiger partial charge is 0.423 e. The van der Waals surface area contributed by atoms with Crippen LogP contribution in [0, 0.1) is 20.8 Å². The van der Waals surface area contributed by atoms with E-state index in [4.69, 9.17) is 50.0 Å². The number of piperazine rings is 1. The summed E-state index contributed by atoms with van der Waals surface area (Å²) in [6.45, 7) is 28.2. The maximum absolute atomic E-state index is 12.9. The van der Waals surface area contributed by atoms with Crippen molar-refractivity contribution in [3.8, 4) is 0 Å². The van der Waals surface area contributed by atoms with Gasteiger partial charge in [0.05, 0.1) is 109 Å². The van der Waals surface area contributed by atoms with Crippen LogP contribution in [0.2, 0.25) is 5.02 Å². The number of nitrogens with one attached hydrogen (secondary N) is 3. The lowest BCUT2D eigenvalue weighted by atomic mass is 9.76. The molecule has 6 N–H and O–H groups in total. The Labute approximate surface area is 475 Å². The van der Waals surface area contributed by atoms with Gasteiger partial charge in [-0.15, -0.1) is 0 Å². The number of benzene rings is 2. The minimum absolute atomic E-state index is 0.223. The number of ether oxygens (including phenoxy) is 7. The van der Waals surface area contributed by atoms with Gasteiger partial charge in [-0.1, -0.05) is 90.9 Å². The molecule has 0 aliphatic carbocycles. The van der Waals surface area contributed by atoms with Crippen molar-refractivity contribution in [2.24, 2.45) is 0 Å². The largest absolute Gasteiger partial charge is 0.488 e. The number of para-hydroxylation sites is 1. The number of aryl methyl sites for hydroxylation is 3. The number of halogens is 1. The Morgan fingerprint density at radius 1 is 0.772 bits per heavy atom. The lowest BCUT2D eigenvalue weighted by Crippen LogP contribution is -2.47. The van der Waals surface area contributed by atoms with Crippen LogP contribution < -0.4 is 26.3 Å². The number of allylic oxidation sites excluding steroid dienone is 3. The first-order chi connectivity index (χ1) is 38.3. The fourth-order valence-electron chi connectivity index (χ4n) is 7.06. The molecule has 0 atom stereocenters. The van der Waals surface area contributed by atoms with E-state index in [-0.39, 0.29) is 18.4 Å². The van der Waals surface area contributed by atoms with E-state index in [0.29, 0.717) is 148 Å². The molecule has 436 valence electrons. The average molecular weight is 1140 g/mol. The molecule has 1 aliphatic heterocycles. The number of amides is 2. The molecule has 3 heterocycles. The van der Waals surface area contributed by atoms with Gasteiger partial charge in [-0.3, -0.25) is 19.7 Å². The second-order valence-electron chi connectivity index (χ2n) is 17.3.